The molecule has 160 valence electrons. The van der Waals surface area contributed by atoms with E-state index in [4.69, 9.17) is 0 Å². The molecular weight excluding hydrogens is 406 g/mol. The summed E-state index contributed by atoms with van der Waals surface area (Å²) < 4.78 is 1.97. The molecule has 1 aromatic heterocycles. The average Bonchev–Trinajstić information content (AvgIpc) is 3.17. The maximum Gasteiger partial charge on any atom is 0.231 e. The number of hydrogen-bond donors (Lipinski definition) is 1. The Morgan fingerprint density at radius 2 is 1.68 bits per heavy atom. The van der Waals surface area contributed by atoms with Crippen LogP contribution in [0.4, 0.5) is 0 Å². The molecule has 0 bridgehead atoms. The van der Waals surface area contributed by atoms with Gasteiger partial charge in [-0.15, -0.1) is 10.2 Å². The van der Waals surface area contributed by atoms with Gasteiger partial charge in [-0.25, -0.2) is 0 Å². The summed E-state index contributed by atoms with van der Waals surface area (Å²) in [7, 11) is 0. The average molecular weight is 434 g/mol. The minimum absolute atomic E-state index is 0.00389. The summed E-state index contributed by atoms with van der Waals surface area (Å²) in [4.78, 5) is 12.6. The maximum absolute atomic E-state index is 12.6. The Balaban J connectivity index is 1.90. The molecule has 0 radical (unpaired) electrons. The standard InChI is InChI=1S/C24H27N5OS/c1-16(2)24(5,15-25)26-21(30)14-31-23-28-27-22(19-10-6-17(3)7-11-19)29(23)20-12-8-18(4)9-13-20/h6-13,16H,14H2,1-5H3,(H,26,30)/t24-/m1/s1. The lowest BCUT2D eigenvalue weighted by Gasteiger charge is -2.27. The van der Waals surface area contributed by atoms with Crippen LogP contribution in [0.1, 0.15) is 31.9 Å². The number of benzene rings is 2. The quantitative estimate of drug-likeness (QED) is 0.546. The van der Waals surface area contributed by atoms with Crippen LogP contribution in [0.5, 0.6) is 0 Å². The fourth-order valence-electron chi connectivity index (χ4n) is 2.94. The summed E-state index contributed by atoms with van der Waals surface area (Å²) in [5.74, 6) is 0.645. The van der Waals surface area contributed by atoms with Gasteiger partial charge in [0.25, 0.3) is 0 Å². The van der Waals surface area contributed by atoms with Crippen molar-refractivity contribution in [3.63, 3.8) is 0 Å². The van der Waals surface area contributed by atoms with Gasteiger partial charge in [0.2, 0.25) is 5.91 Å². The number of carbonyl (C=O) groups excluding carboxylic acids is 1. The summed E-state index contributed by atoms with van der Waals surface area (Å²) in [5.41, 5.74) is 3.30. The van der Waals surface area contributed by atoms with Crippen LogP contribution in [0, 0.1) is 31.1 Å². The van der Waals surface area contributed by atoms with Gasteiger partial charge in [0.15, 0.2) is 11.0 Å². The van der Waals surface area contributed by atoms with Crippen LogP contribution < -0.4 is 5.32 Å². The van der Waals surface area contributed by atoms with E-state index in [-0.39, 0.29) is 17.6 Å². The third kappa shape index (κ3) is 5.15. The van der Waals surface area contributed by atoms with Crippen LogP contribution in [-0.2, 0) is 4.79 Å². The second-order valence-electron chi connectivity index (χ2n) is 8.15. The first-order chi connectivity index (χ1) is 14.7. The van der Waals surface area contributed by atoms with Crippen molar-refractivity contribution >= 4 is 17.7 Å². The fourth-order valence-corrected chi connectivity index (χ4v) is 3.69. The Morgan fingerprint density at radius 1 is 1.10 bits per heavy atom. The summed E-state index contributed by atoms with van der Waals surface area (Å²) in [6.07, 6.45) is 0. The number of hydrogen-bond acceptors (Lipinski definition) is 5. The monoisotopic (exact) mass is 433 g/mol. The van der Waals surface area contributed by atoms with E-state index in [1.54, 1.807) is 6.92 Å². The number of carbonyl (C=O) groups is 1. The van der Waals surface area contributed by atoms with Crippen LogP contribution in [-0.4, -0.2) is 32.0 Å². The van der Waals surface area contributed by atoms with Crippen molar-refractivity contribution in [3.05, 3.63) is 59.7 Å². The van der Waals surface area contributed by atoms with Crippen LogP contribution >= 0.6 is 11.8 Å². The van der Waals surface area contributed by atoms with Gasteiger partial charge < -0.3 is 5.32 Å². The third-order valence-corrected chi connectivity index (χ3v) is 6.28. The lowest BCUT2D eigenvalue weighted by Crippen LogP contribution is -2.49. The van der Waals surface area contributed by atoms with Crippen molar-refractivity contribution in [3.8, 4) is 23.1 Å². The number of aromatic nitrogens is 3. The summed E-state index contributed by atoms with van der Waals surface area (Å²) >= 11 is 1.30. The van der Waals surface area contributed by atoms with Gasteiger partial charge >= 0.3 is 0 Å². The summed E-state index contributed by atoms with van der Waals surface area (Å²) in [5, 5.41) is 21.7. The number of nitrogens with one attached hydrogen (secondary N) is 1. The van der Waals surface area contributed by atoms with Crippen molar-refractivity contribution in [1.82, 2.24) is 20.1 Å². The van der Waals surface area contributed by atoms with Crippen molar-refractivity contribution in [2.24, 2.45) is 5.92 Å². The smallest absolute Gasteiger partial charge is 0.231 e. The van der Waals surface area contributed by atoms with E-state index >= 15 is 0 Å². The highest BCUT2D eigenvalue weighted by molar-refractivity contribution is 7.99. The highest BCUT2D eigenvalue weighted by Crippen LogP contribution is 2.28. The van der Waals surface area contributed by atoms with Gasteiger partial charge in [-0.05, 0) is 38.8 Å². The minimum atomic E-state index is -0.907. The minimum Gasteiger partial charge on any atom is -0.337 e. The number of nitriles is 1. The molecule has 1 heterocycles. The SMILES string of the molecule is Cc1ccc(-c2nnc(SCC(=O)N[C@](C)(C#N)C(C)C)n2-c2ccc(C)cc2)cc1. The molecule has 3 aromatic rings. The maximum atomic E-state index is 12.6. The Kier molecular flexibility index (Phi) is 6.81. The van der Waals surface area contributed by atoms with E-state index in [1.165, 1.54) is 17.3 Å². The van der Waals surface area contributed by atoms with Crippen molar-refractivity contribution in [2.75, 3.05) is 5.75 Å². The third-order valence-electron chi connectivity index (χ3n) is 5.35. The molecule has 0 spiro atoms. The van der Waals surface area contributed by atoms with E-state index in [0.29, 0.717) is 5.16 Å². The molecule has 0 aliphatic heterocycles. The van der Waals surface area contributed by atoms with Crippen molar-refractivity contribution in [1.29, 1.82) is 5.26 Å². The lowest BCUT2D eigenvalue weighted by molar-refractivity contribution is -0.120. The molecule has 0 aliphatic rings. The zero-order valence-corrected chi connectivity index (χ0v) is 19.3. The molecule has 0 aliphatic carbocycles. The largest absolute Gasteiger partial charge is 0.337 e. The number of amides is 1. The Hall–Kier alpha value is -3.11. The van der Waals surface area contributed by atoms with Gasteiger partial charge in [-0.3, -0.25) is 9.36 Å². The van der Waals surface area contributed by atoms with E-state index in [2.05, 4.69) is 21.6 Å². The number of aryl methyl sites for hydroxylation is 2. The van der Waals surface area contributed by atoms with Crippen molar-refractivity contribution < 1.29 is 4.79 Å². The number of nitrogens with zero attached hydrogens (tertiary/aromatic N) is 4. The van der Waals surface area contributed by atoms with E-state index in [9.17, 15) is 10.1 Å². The molecule has 1 N–H and O–H groups in total. The number of rotatable bonds is 7. The summed E-state index contributed by atoms with van der Waals surface area (Å²) in [6, 6.07) is 18.4. The molecule has 1 amide bonds. The van der Waals surface area contributed by atoms with Gasteiger partial charge in [-0.1, -0.05) is 73.1 Å². The molecule has 3 rings (SSSR count). The summed E-state index contributed by atoms with van der Waals surface area (Å²) in [6.45, 7) is 9.65. The Labute approximate surface area is 187 Å². The van der Waals surface area contributed by atoms with E-state index < -0.39 is 5.54 Å². The van der Waals surface area contributed by atoms with E-state index in [1.807, 2.05) is 80.8 Å². The Bertz CT molecular complexity index is 1100. The molecule has 6 nitrogen and oxygen atoms in total. The van der Waals surface area contributed by atoms with Crippen molar-refractivity contribution in [2.45, 2.75) is 45.3 Å². The first-order valence-corrected chi connectivity index (χ1v) is 11.2. The lowest BCUT2D eigenvalue weighted by atomic mass is 9.90. The molecule has 0 fully saturated rings. The molecule has 31 heavy (non-hydrogen) atoms. The van der Waals surface area contributed by atoms with Gasteiger partial charge in [0.1, 0.15) is 5.54 Å². The van der Waals surface area contributed by atoms with Crippen LogP contribution in [0.2, 0.25) is 0 Å². The predicted molar refractivity (Wildman–Crippen MR) is 124 cm³/mol. The number of thioether (sulfide) groups is 1. The van der Waals surface area contributed by atoms with Gasteiger partial charge in [-0.2, -0.15) is 5.26 Å². The first-order valence-electron chi connectivity index (χ1n) is 10.2. The molecule has 0 saturated carbocycles. The van der Waals surface area contributed by atoms with Crippen LogP contribution in [0.15, 0.2) is 53.7 Å². The fraction of sp³-hybridized carbons (Fsp3) is 0.333. The Morgan fingerprint density at radius 3 is 2.23 bits per heavy atom. The molecule has 1 atom stereocenters. The van der Waals surface area contributed by atoms with Gasteiger partial charge in [0.05, 0.1) is 11.8 Å². The van der Waals surface area contributed by atoms with Crippen LogP contribution in [0.3, 0.4) is 0 Å². The van der Waals surface area contributed by atoms with Crippen LogP contribution in [0.25, 0.3) is 17.1 Å². The second-order valence-corrected chi connectivity index (χ2v) is 9.09. The highest BCUT2D eigenvalue weighted by atomic mass is 32.2. The zero-order chi connectivity index (χ0) is 22.6. The first kappa shape index (κ1) is 22.6. The predicted octanol–water partition coefficient (Wildman–Crippen LogP) is 4.70. The van der Waals surface area contributed by atoms with E-state index in [0.717, 1.165) is 22.6 Å². The molecular formula is C24H27N5OS. The molecule has 0 unspecified atom stereocenters. The highest BCUT2D eigenvalue weighted by Gasteiger charge is 2.30. The molecule has 7 heteroatoms. The zero-order valence-electron chi connectivity index (χ0n) is 18.5. The molecule has 2 aromatic carbocycles. The topological polar surface area (TPSA) is 83.6 Å². The second kappa shape index (κ2) is 9.36. The normalized spacial score (nSPS) is 12.9. The van der Waals surface area contributed by atoms with Gasteiger partial charge in [0, 0.05) is 11.3 Å². The molecule has 0 saturated heterocycles.